The SMILES string of the molecule is CCOc1ccc(/N=c2\n(N)c(=O)n(C[C@H](C)C(=O)OC)c(=O)n2Cc2ccc(C)cc2)cc1Cl. The van der Waals surface area contributed by atoms with Crippen LogP contribution < -0.4 is 27.6 Å². The Labute approximate surface area is 206 Å². The van der Waals surface area contributed by atoms with Crippen LogP contribution in [0, 0.1) is 12.8 Å². The van der Waals surface area contributed by atoms with Crippen LogP contribution in [-0.2, 0) is 22.6 Å². The third kappa shape index (κ3) is 5.83. The Bertz CT molecular complexity index is 1410. The monoisotopic (exact) mass is 501 g/mol. The van der Waals surface area contributed by atoms with Gasteiger partial charge in [0.05, 0.1) is 36.9 Å². The number of hydrogen-bond donors (Lipinski definition) is 1. The van der Waals surface area contributed by atoms with Gasteiger partial charge in [-0.15, -0.1) is 0 Å². The van der Waals surface area contributed by atoms with Crippen LogP contribution in [0.2, 0.25) is 5.02 Å². The number of aromatic nitrogens is 3. The van der Waals surface area contributed by atoms with Crippen molar-refractivity contribution in [2.45, 2.75) is 33.9 Å². The van der Waals surface area contributed by atoms with Gasteiger partial charge in [0, 0.05) is 6.54 Å². The second-order valence-corrected chi connectivity index (χ2v) is 8.41. The molecule has 3 rings (SSSR count). The molecule has 0 fully saturated rings. The maximum absolute atomic E-state index is 13.5. The first-order valence-electron chi connectivity index (χ1n) is 11.0. The highest BCUT2D eigenvalue weighted by molar-refractivity contribution is 6.32. The van der Waals surface area contributed by atoms with Crippen LogP contribution >= 0.6 is 11.6 Å². The molecule has 1 aromatic heterocycles. The summed E-state index contributed by atoms with van der Waals surface area (Å²) in [5.41, 5.74) is 0.661. The number of nitrogens with two attached hydrogens (primary N) is 1. The van der Waals surface area contributed by atoms with Gasteiger partial charge in [-0.05, 0) is 37.6 Å². The van der Waals surface area contributed by atoms with Crippen molar-refractivity contribution in [2.24, 2.45) is 10.9 Å². The molecule has 186 valence electrons. The van der Waals surface area contributed by atoms with Crippen molar-refractivity contribution in [3.63, 3.8) is 0 Å². The minimum Gasteiger partial charge on any atom is -0.492 e. The first-order valence-corrected chi connectivity index (χ1v) is 11.4. The fourth-order valence-corrected chi connectivity index (χ4v) is 3.67. The number of ether oxygens (including phenoxy) is 2. The second-order valence-electron chi connectivity index (χ2n) is 8.00. The van der Waals surface area contributed by atoms with Gasteiger partial charge in [0.15, 0.2) is 0 Å². The van der Waals surface area contributed by atoms with E-state index >= 15 is 0 Å². The summed E-state index contributed by atoms with van der Waals surface area (Å²) >= 11 is 6.29. The maximum Gasteiger partial charge on any atom is 0.353 e. The fraction of sp³-hybridized carbons (Fsp3) is 0.333. The molecule has 35 heavy (non-hydrogen) atoms. The molecule has 0 radical (unpaired) electrons. The average molecular weight is 502 g/mol. The average Bonchev–Trinajstić information content (AvgIpc) is 2.84. The molecule has 0 unspecified atom stereocenters. The number of benzene rings is 2. The van der Waals surface area contributed by atoms with Crippen LogP contribution in [0.3, 0.4) is 0 Å². The van der Waals surface area contributed by atoms with E-state index in [1.54, 1.807) is 25.1 Å². The number of hydrogen-bond acceptors (Lipinski definition) is 7. The summed E-state index contributed by atoms with van der Waals surface area (Å²) in [6, 6.07) is 12.4. The molecule has 0 aliphatic rings. The van der Waals surface area contributed by atoms with Crippen LogP contribution in [0.25, 0.3) is 0 Å². The highest BCUT2D eigenvalue weighted by Crippen LogP contribution is 2.28. The van der Waals surface area contributed by atoms with Gasteiger partial charge in [-0.25, -0.2) is 19.1 Å². The number of methoxy groups -OCH3 is 1. The number of nitrogens with zero attached hydrogens (tertiary/aromatic N) is 4. The third-order valence-electron chi connectivity index (χ3n) is 5.32. The fourth-order valence-electron chi connectivity index (χ4n) is 3.44. The van der Waals surface area contributed by atoms with E-state index < -0.39 is 23.3 Å². The molecule has 1 atom stereocenters. The Morgan fingerprint density at radius 3 is 2.40 bits per heavy atom. The van der Waals surface area contributed by atoms with Crippen LogP contribution in [0.15, 0.2) is 57.0 Å². The van der Waals surface area contributed by atoms with Crippen molar-refractivity contribution in [3.8, 4) is 5.75 Å². The number of esters is 1. The van der Waals surface area contributed by atoms with Gasteiger partial charge in [0.1, 0.15) is 5.75 Å². The number of aryl methyl sites for hydroxylation is 1. The number of carbonyl (C=O) groups is 1. The van der Waals surface area contributed by atoms with E-state index in [0.717, 1.165) is 20.4 Å². The van der Waals surface area contributed by atoms with E-state index in [-0.39, 0.29) is 18.7 Å². The normalized spacial score (nSPS) is 12.4. The molecule has 0 spiro atoms. The summed E-state index contributed by atoms with van der Waals surface area (Å²) in [5.74, 6) is 5.32. The zero-order valence-corrected chi connectivity index (χ0v) is 20.8. The van der Waals surface area contributed by atoms with Crippen LogP contribution in [0.4, 0.5) is 5.69 Å². The Morgan fingerprint density at radius 1 is 1.11 bits per heavy atom. The molecule has 0 aliphatic heterocycles. The van der Waals surface area contributed by atoms with Gasteiger partial charge in [0.2, 0.25) is 5.62 Å². The molecular weight excluding hydrogens is 474 g/mol. The van der Waals surface area contributed by atoms with Crippen molar-refractivity contribution in [1.82, 2.24) is 13.8 Å². The summed E-state index contributed by atoms with van der Waals surface area (Å²) in [6.07, 6.45) is 0. The first-order chi connectivity index (χ1) is 16.7. The Morgan fingerprint density at radius 2 is 1.80 bits per heavy atom. The van der Waals surface area contributed by atoms with Gasteiger partial charge in [-0.3, -0.25) is 9.36 Å². The van der Waals surface area contributed by atoms with Gasteiger partial charge < -0.3 is 15.3 Å². The molecule has 2 N–H and O–H groups in total. The van der Waals surface area contributed by atoms with Crippen molar-refractivity contribution < 1.29 is 14.3 Å². The minimum atomic E-state index is -0.818. The lowest BCUT2D eigenvalue weighted by Crippen LogP contribution is -2.58. The Balaban J connectivity index is 2.23. The van der Waals surface area contributed by atoms with E-state index in [1.807, 2.05) is 38.1 Å². The standard InChI is InChI=1S/C24H28ClN5O5/c1-5-35-20-11-10-18(12-19(20)25)27-22-28(14-17-8-6-15(2)7-9-17)23(32)29(24(33)30(22)26)13-16(3)21(31)34-4/h6-12,16H,5,13-14,26H2,1-4H3/b27-22-/t16-/m0/s1. The lowest BCUT2D eigenvalue weighted by Gasteiger charge is -2.16. The van der Waals surface area contributed by atoms with Crippen molar-refractivity contribution >= 4 is 23.3 Å². The summed E-state index contributed by atoms with van der Waals surface area (Å²) in [6.45, 7) is 5.68. The molecular formula is C24H28ClN5O5. The quantitative estimate of drug-likeness (QED) is 0.372. The van der Waals surface area contributed by atoms with E-state index in [1.165, 1.54) is 11.7 Å². The summed E-state index contributed by atoms with van der Waals surface area (Å²) in [7, 11) is 1.24. The van der Waals surface area contributed by atoms with E-state index in [9.17, 15) is 14.4 Å². The number of halogens is 1. The largest absolute Gasteiger partial charge is 0.492 e. The van der Waals surface area contributed by atoms with Crippen LogP contribution in [0.5, 0.6) is 5.75 Å². The third-order valence-corrected chi connectivity index (χ3v) is 5.62. The van der Waals surface area contributed by atoms with E-state index in [0.29, 0.717) is 23.1 Å². The van der Waals surface area contributed by atoms with Crippen molar-refractivity contribution in [1.29, 1.82) is 0 Å². The van der Waals surface area contributed by atoms with Crippen molar-refractivity contribution in [3.05, 3.63) is 85.2 Å². The summed E-state index contributed by atoms with van der Waals surface area (Å²) in [4.78, 5) is 42.9. The molecule has 11 heteroatoms. The van der Waals surface area contributed by atoms with Crippen molar-refractivity contribution in [2.75, 3.05) is 19.6 Å². The number of rotatable bonds is 8. The van der Waals surface area contributed by atoms with E-state index in [4.69, 9.17) is 26.9 Å². The number of nitrogen functional groups attached to an aromatic ring is 1. The molecule has 3 aromatic rings. The summed E-state index contributed by atoms with van der Waals surface area (Å²) < 4.78 is 13.1. The summed E-state index contributed by atoms with van der Waals surface area (Å²) in [5, 5.41) is 0.323. The Kier molecular flexibility index (Phi) is 8.18. The zero-order chi connectivity index (χ0) is 25.7. The lowest BCUT2D eigenvalue weighted by molar-refractivity contribution is -0.145. The molecule has 0 saturated carbocycles. The predicted molar refractivity (Wildman–Crippen MR) is 132 cm³/mol. The molecule has 2 aromatic carbocycles. The lowest BCUT2D eigenvalue weighted by atomic mass is 10.1. The predicted octanol–water partition coefficient (Wildman–Crippen LogP) is 1.98. The van der Waals surface area contributed by atoms with E-state index in [2.05, 4.69) is 4.99 Å². The minimum absolute atomic E-state index is 0.0808. The molecule has 0 amide bonds. The molecule has 1 heterocycles. The van der Waals surface area contributed by atoms with Gasteiger partial charge in [-0.2, -0.15) is 4.68 Å². The van der Waals surface area contributed by atoms with Crippen LogP contribution in [0.1, 0.15) is 25.0 Å². The first kappa shape index (κ1) is 25.8. The molecule has 0 saturated heterocycles. The van der Waals surface area contributed by atoms with Gasteiger partial charge >= 0.3 is 17.3 Å². The number of carbonyl (C=O) groups excluding carboxylic acids is 1. The second kappa shape index (κ2) is 11.1. The topological polar surface area (TPSA) is 123 Å². The molecule has 0 aliphatic carbocycles. The van der Waals surface area contributed by atoms with Gasteiger partial charge in [-0.1, -0.05) is 48.4 Å². The van der Waals surface area contributed by atoms with Crippen LogP contribution in [-0.4, -0.2) is 33.5 Å². The maximum atomic E-state index is 13.5. The molecule has 0 bridgehead atoms. The highest BCUT2D eigenvalue weighted by atomic mass is 35.5. The molecule has 10 nitrogen and oxygen atoms in total. The van der Waals surface area contributed by atoms with Gasteiger partial charge in [0.25, 0.3) is 0 Å². The highest BCUT2D eigenvalue weighted by Gasteiger charge is 2.20. The Hall–Kier alpha value is -3.79. The smallest absolute Gasteiger partial charge is 0.353 e. The zero-order valence-electron chi connectivity index (χ0n) is 20.0.